The van der Waals surface area contributed by atoms with Gasteiger partial charge in [-0.2, -0.15) is 5.10 Å². The maximum absolute atomic E-state index is 4.28. The van der Waals surface area contributed by atoms with Crippen LogP contribution < -0.4 is 5.32 Å². The van der Waals surface area contributed by atoms with Crippen LogP contribution in [0, 0.1) is 0 Å². The molecule has 0 radical (unpaired) electrons. The molecule has 1 N–H and O–H groups in total. The Balaban J connectivity index is 2.17. The Kier molecular flexibility index (Phi) is 2.45. The van der Waals surface area contributed by atoms with Crippen LogP contribution in [0.5, 0.6) is 0 Å². The van der Waals surface area contributed by atoms with Gasteiger partial charge in [0.25, 0.3) is 0 Å². The maximum atomic E-state index is 4.28. The van der Waals surface area contributed by atoms with Crippen LogP contribution in [0.15, 0.2) is 24.7 Å². The largest absolute Gasteiger partial charge is 0.310 e. The average molecular weight is 190 g/mol. The molecule has 0 aromatic carbocycles. The molecule has 2 rings (SSSR count). The molecule has 0 saturated heterocycles. The highest BCUT2D eigenvalue weighted by atomic mass is 15.2. The van der Waals surface area contributed by atoms with Gasteiger partial charge in [0.2, 0.25) is 0 Å². The summed E-state index contributed by atoms with van der Waals surface area (Å²) >= 11 is 0. The Hall–Kier alpha value is -1.42. The molecule has 2 aromatic rings. The number of fused-ring (bicyclic) bond motifs is 1. The van der Waals surface area contributed by atoms with Crippen LogP contribution in [0.1, 0.15) is 19.4 Å². The molecule has 74 valence electrons. The molecule has 0 amide bonds. The van der Waals surface area contributed by atoms with Gasteiger partial charge in [-0.3, -0.25) is 0 Å². The lowest BCUT2D eigenvalue weighted by Gasteiger charge is -2.07. The van der Waals surface area contributed by atoms with E-state index in [1.807, 2.05) is 18.5 Å². The third kappa shape index (κ3) is 1.90. The molecular weight excluding hydrogens is 176 g/mol. The van der Waals surface area contributed by atoms with Crippen LogP contribution in [-0.4, -0.2) is 20.6 Å². The molecule has 0 aliphatic carbocycles. The smallest absolute Gasteiger partial charge is 0.154 e. The van der Waals surface area contributed by atoms with Gasteiger partial charge in [-0.1, -0.05) is 13.8 Å². The van der Waals surface area contributed by atoms with Crippen molar-refractivity contribution < 1.29 is 0 Å². The lowest BCUT2D eigenvalue weighted by molar-refractivity contribution is 0.586. The van der Waals surface area contributed by atoms with Gasteiger partial charge in [0, 0.05) is 36.6 Å². The quantitative estimate of drug-likeness (QED) is 0.791. The van der Waals surface area contributed by atoms with Gasteiger partial charge in [-0.15, -0.1) is 0 Å². The number of hydrogen-bond acceptors (Lipinski definition) is 3. The van der Waals surface area contributed by atoms with Crippen molar-refractivity contribution in [2.75, 3.05) is 0 Å². The summed E-state index contributed by atoms with van der Waals surface area (Å²) < 4.78 is 1.79. The molecule has 0 fully saturated rings. The van der Waals surface area contributed by atoms with Gasteiger partial charge in [-0.25, -0.2) is 9.50 Å². The Morgan fingerprint density at radius 2 is 2.36 bits per heavy atom. The molecular formula is C10H14N4. The van der Waals surface area contributed by atoms with Crippen molar-refractivity contribution in [3.8, 4) is 0 Å². The zero-order chi connectivity index (χ0) is 9.97. The van der Waals surface area contributed by atoms with E-state index in [1.165, 1.54) is 0 Å². The normalized spacial score (nSPS) is 11.4. The summed E-state index contributed by atoms with van der Waals surface area (Å²) in [7, 11) is 0. The third-order valence-electron chi connectivity index (χ3n) is 2.01. The fourth-order valence-corrected chi connectivity index (χ4v) is 1.26. The minimum absolute atomic E-state index is 0.489. The molecule has 0 saturated carbocycles. The highest BCUT2D eigenvalue weighted by Crippen LogP contribution is 2.01. The molecule has 0 spiro atoms. The predicted molar refractivity (Wildman–Crippen MR) is 55.0 cm³/mol. The average Bonchev–Trinajstić information content (AvgIpc) is 2.61. The second-order valence-corrected chi connectivity index (χ2v) is 3.63. The van der Waals surface area contributed by atoms with E-state index in [1.54, 1.807) is 10.7 Å². The van der Waals surface area contributed by atoms with Crippen molar-refractivity contribution in [1.82, 2.24) is 19.9 Å². The summed E-state index contributed by atoms with van der Waals surface area (Å²) in [6, 6.07) is 2.38. The van der Waals surface area contributed by atoms with E-state index in [0.717, 1.165) is 17.8 Å². The van der Waals surface area contributed by atoms with E-state index in [2.05, 4.69) is 29.2 Å². The molecule has 0 unspecified atom stereocenters. The van der Waals surface area contributed by atoms with E-state index in [4.69, 9.17) is 0 Å². The molecule has 4 heteroatoms. The van der Waals surface area contributed by atoms with E-state index in [0.29, 0.717) is 6.04 Å². The summed E-state index contributed by atoms with van der Waals surface area (Å²) in [5.41, 5.74) is 2.04. The SMILES string of the molecule is CC(C)NCc1cnc2ccnn2c1. The zero-order valence-electron chi connectivity index (χ0n) is 8.44. The Bertz CT molecular complexity index is 419. The first-order chi connectivity index (χ1) is 6.75. The topological polar surface area (TPSA) is 42.2 Å². The molecule has 0 atom stereocenters. The Morgan fingerprint density at radius 1 is 1.50 bits per heavy atom. The van der Waals surface area contributed by atoms with Crippen molar-refractivity contribution in [3.63, 3.8) is 0 Å². The third-order valence-corrected chi connectivity index (χ3v) is 2.01. The minimum atomic E-state index is 0.489. The summed E-state index contributed by atoms with van der Waals surface area (Å²) in [6.07, 6.45) is 5.63. The van der Waals surface area contributed by atoms with E-state index >= 15 is 0 Å². The van der Waals surface area contributed by atoms with Crippen molar-refractivity contribution >= 4 is 5.65 Å². The highest BCUT2D eigenvalue weighted by Gasteiger charge is 1.98. The van der Waals surface area contributed by atoms with Gasteiger partial charge in [0.1, 0.15) is 0 Å². The summed E-state index contributed by atoms with van der Waals surface area (Å²) in [5, 5.41) is 7.47. The van der Waals surface area contributed by atoms with E-state index < -0.39 is 0 Å². The van der Waals surface area contributed by atoms with Crippen LogP contribution in [0.4, 0.5) is 0 Å². The van der Waals surface area contributed by atoms with Crippen molar-refractivity contribution in [2.45, 2.75) is 26.4 Å². The molecule has 4 nitrogen and oxygen atoms in total. The predicted octanol–water partition coefficient (Wildman–Crippen LogP) is 1.23. The number of aromatic nitrogens is 3. The molecule has 0 aliphatic rings. The molecule has 0 aliphatic heterocycles. The van der Waals surface area contributed by atoms with Gasteiger partial charge < -0.3 is 5.32 Å². The lowest BCUT2D eigenvalue weighted by Crippen LogP contribution is -2.22. The number of nitrogens with zero attached hydrogens (tertiary/aromatic N) is 3. The first kappa shape index (κ1) is 9.15. The van der Waals surface area contributed by atoms with E-state index in [-0.39, 0.29) is 0 Å². The zero-order valence-corrected chi connectivity index (χ0v) is 8.44. The van der Waals surface area contributed by atoms with Crippen LogP contribution in [-0.2, 0) is 6.54 Å². The second-order valence-electron chi connectivity index (χ2n) is 3.63. The highest BCUT2D eigenvalue weighted by molar-refractivity contribution is 5.35. The molecule has 14 heavy (non-hydrogen) atoms. The van der Waals surface area contributed by atoms with Crippen LogP contribution >= 0.6 is 0 Å². The number of hydrogen-bond donors (Lipinski definition) is 1. The molecule has 2 heterocycles. The fraction of sp³-hybridized carbons (Fsp3) is 0.400. The molecule has 2 aromatic heterocycles. The number of rotatable bonds is 3. The standard InChI is InChI=1S/C10H14N4/c1-8(2)11-5-9-6-12-10-3-4-13-14(10)7-9/h3-4,6-8,11H,5H2,1-2H3. The summed E-state index contributed by atoms with van der Waals surface area (Å²) in [6.45, 7) is 5.08. The van der Waals surface area contributed by atoms with Gasteiger partial charge in [0.15, 0.2) is 5.65 Å². The maximum Gasteiger partial charge on any atom is 0.154 e. The van der Waals surface area contributed by atoms with Gasteiger partial charge >= 0.3 is 0 Å². The second kappa shape index (κ2) is 3.75. The summed E-state index contributed by atoms with van der Waals surface area (Å²) in [5.74, 6) is 0. The van der Waals surface area contributed by atoms with Crippen molar-refractivity contribution in [2.24, 2.45) is 0 Å². The summed E-state index contributed by atoms with van der Waals surface area (Å²) in [4.78, 5) is 4.28. The van der Waals surface area contributed by atoms with E-state index in [9.17, 15) is 0 Å². The van der Waals surface area contributed by atoms with Gasteiger partial charge in [-0.05, 0) is 0 Å². The molecule has 0 bridgehead atoms. The van der Waals surface area contributed by atoms with Crippen LogP contribution in [0.2, 0.25) is 0 Å². The Morgan fingerprint density at radius 3 is 3.14 bits per heavy atom. The minimum Gasteiger partial charge on any atom is -0.310 e. The van der Waals surface area contributed by atoms with Crippen molar-refractivity contribution in [3.05, 3.63) is 30.2 Å². The monoisotopic (exact) mass is 190 g/mol. The Labute approximate surface area is 83.0 Å². The van der Waals surface area contributed by atoms with Crippen LogP contribution in [0.25, 0.3) is 5.65 Å². The number of nitrogens with one attached hydrogen (secondary N) is 1. The fourth-order valence-electron chi connectivity index (χ4n) is 1.26. The first-order valence-corrected chi connectivity index (χ1v) is 4.77. The van der Waals surface area contributed by atoms with Gasteiger partial charge in [0.05, 0.1) is 6.20 Å². The lowest BCUT2D eigenvalue weighted by atomic mass is 10.3. The van der Waals surface area contributed by atoms with Crippen LogP contribution in [0.3, 0.4) is 0 Å². The first-order valence-electron chi connectivity index (χ1n) is 4.77. The van der Waals surface area contributed by atoms with Crippen molar-refractivity contribution in [1.29, 1.82) is 0 Å².